The van der Waals surface area contributed by atoms with Crippen LogP contribution in [0.4, 0.5) is 0 Å². The van der Waals surface area contributed by atoms with Crippen LogP contribution in [0.2, 0.25) is 0 Å². The highest BCUT2D eigenvalue weighted by Gasteiger charge is 2.07. The molecule has 0 aromatic heterocycles. The molecule has 23 heavy (non-hydrogen) atoms. The summed E-state index contributed by atoms with van der Waals surface area (Å²) in [5, 5.41) is 2.91. The standard InChI is InChI=1S/C20H23NO2/c1-16-7-5-8-17(15-16)13-14-21-20(23)12-6-11-19(22)18-9-3-2-4-10-18/h2-5,7-10,15H,6,11-14H2,1H3,(H,21,23). The van der Waals surface area contributed by atoms with Crippen molar-refractivity contribution in [1.29, 1.82) is 0 Å². The maximum Gasteiger partial charge on any atom is 0.220 e. The van der Waals surface area contributed by atoms with Gasteiger partial charge in [-0.05, 0) is 25.3 Å². The van der Waals surface area contributed by atoms with Gasteiger partial charge in [-0.1, -0.05) is 60.2 Å². The van der Waals surface area contributed by atoms with Crippen molar-refractivity contribution in [3.05, 3.63) is 71.3 Å². The molecule has 2 aromatic carbocycles. The first-order valence-corrected chi connectivity index (χ1v) is 8.05. The molecule has 3 heteroatoms. The number of ketones is 1. The Morgan fingerprint density at radius 2 is 1.74 bits per heavy atom. The lowest BCUT2D eigenvalue weighted by molar-refractivity contribution is -0.121. The van der Waals surface area contributed by atoms with E-state index in [1.165, 1.54) is 11.1 Å². The van der Waals surface area contributed by atoms with E-state index in [0.717, 1.165) is 6.42 Å². The second kappa shape index (κ2) is 8.89. The van der Waals surface area contributed by atoms with E-state index in [4.69, 9.17) is 0 Å². The van der Waals surface area contributed by atoms with Crippen LogP contribution < -0.4 is 5.32 Å². The molecule has 0 aliphatic carbocycles. The zero-order chi connectivity index (χ0) is 16.5. The third-order valence-corrected chi connectivity index (χ3v) is 3.72. The van der Waals surface area contributed by atoms with Gasteiger partial charge in [0.2, 0.25) is 5.91 Å². The van der Waals surface area contributed by atoms with Gasteiger partial charge in [0.25, 0.3) is 0 Å². The fourth-order valence-electron chi connectivity index (χ4n) is 2.48. The molecule has 3 nitrogen and oxygen atoms in total. The van der Waals surface area contributed by atoms with Crippen LogP contribution in [0.15, 0.2) is 54.6 Å². The van der Waals surface area contributed by atoms with Crippen LogP contribution in [0, 0.1) is 6.92 Å². The monoisotopic (exact) mass is 309 g/mol. The third-order valence-electron chi connectivity index (χ3n) is 3.72. The SMILES string of the molecule is Cc1cccc(CCNC(=O)CCCC(=O)c2ccccc2)c1. The Hall–Kier alpha value is -2.42. The number of carbonyl (C=O) groups is 2. The Balaban J connectivity index is 1.63. The van der Waals surface area contributed by atoms with Crippen molar-refractivity contribution in [3.63, 3.8) is 0 Å². The molecule has 0 heterocycles. The van der Waals surface area contributed by atoms with Gasteiger partial charge in [-0.15, -0.1) is 0 Å². The average Bonchev–Trinajstić information content (AvgIpc) is 2.55. The first-order chi connectivity index (χ1) is 11.1. The molecular weight excluding hydrogens is 286 g/mol. The van der Waals surface area contributed by atoms with Crippen LogP contribution in [0.5, 0.6) is 0 Å². The van der Waals surface area contributed by atoms with Crippen LogP contribution >= 0.6 is 0 Å². The summed E-state index contributed by atoms with van der Waals surface area (Å²) in [7, 11) is 0. The number of Topliss-reactive ketones (excluding diaryl/α,β-unsaturated/α-hetero) is 1. The zero-order valence-corrected chi connectivity index (χ0v) is 13.5. The Bertz CT molecular complexity index is 650. The summed E-state index contributed by atoms with van der Waals surface area (Å²) in [6.45, 7) is 2.70. The minimum atomic E-state index is 0.0125. The van der Waals surface area contributed by atoms with Crippen molar-refractivity contribution in [2.75, 3.05) is 6.54 Å². The van der Waals surface area contributed by atoms with E-state index in [2.05, 4.69) is 30.4 Å². The fraction of sp³-hybridized carbons (Fsp3) is 0.300. The van der Waals surface area contributed by atoms with Gasteiger partial charge < -0.3 is 5.32 Å². The lowest BCUT2D eigenvalue weighted by Crippen LogP contribution is -2.25. The number of nitrogens with one attached hydrogen (secondary N) is 1. The van der Waals surface area contributed by atoms with Crippen LogP contribution in [0.25, 0.3) is 0 Å². The van der Waals surface area contributed by atoms with Crippen LogP contribution in [0.1, 0.15) is 40.7 Å². The van der Waals surface area contributed by atoms with Gasteiger partial charge in [-0.25, -0.2) is 0 Å². The lowest BCUT2D eigenvalue weighted by atomic mass is 10.1. The highest BCUT2D eigenvalue weighted by molar-refractivity contribution is 5.96. The molecule has 120 valence electrons. The minimum Gasteiger partial charge on any atom is -0.356 e. The highest BCUT2D eigenvalue weighted by Crippen LogP contribution is 2.07. The van der Waals surface area contributed by atoms with Gasteiger partial charge in [0.1, 0.15) is 0 Å². The molecule has 0 saturated heterocycles. The number of hydrogen-bond acceptors (Lipinski definition) is 2. The highest BCUT2D eigenvalue weighted by atomic mass is 16.1. The predicted molar refractivity (Wildman–Crippen MR) is 92.5 cm³/mol. The van der Waals surface area contributed by atoms with Gasteiger partial charge in [-0.3, -0.25) is 9.59 Å². The molecule has 0 radical (unpaired) electrons. The number of hydrogen-bond donors (Lipinski definition) is 1. The second-order valence-electron chi connectivity index (χ2n) is 5.73. The van der Waals surface area contributed by atoms with E-state index < -0.39 is 0 Å². The van der Waals surface area contributed by atoms with E-state index in [1.807, 2.05) is 36.4 Å². The molecule has 2 rings (SSSR count). The normalized spacial score (nSPS) is 10.3. The Labute approximate surface area is 137 Å². The Morgan fingerprint density at radius 1 is 0.957 bits per heavy atom. The number of benzene rings is 2. The molecule has 0 saturated carbocycles. The van der Waals surface area contributed by atoms with E-state index >= 15 is 0 Å². The van der Waals surface area contributed by atoms with Crippen LogP contribution in [-0.2, 0) is 11.2 Å². The van der Waals surface area contributed by atoms with Gasteiger partial charge in [0.05, 0.1) is 0 Å². The summed E-state index contributed by atoms with van der Waals surface area (Å²) >= 11 is 0. The fourth-order valence-corrected chi connectivity index (χ4v) is 2.48. The Morgan fingerprint density at radius 3 is 2.48 bits per heavy atom. The van der Waals surface area contributed by atoms with Gasteiger partial charge in [0, 0.05) is 24.9 Å². The summed E-state index contributed by atoms with van der Waals surface area (Å²) < 4.78 is 0. The average molecular weight is 309 g/mol. The van der Waals surface area contributed by atoms with E-state index in [-0.39, 0.29) is 11.7 Å². The summed E-state index contributed by atoms with van der Waals surface area (Å²) in [6, 6.07) is 17.5. The molecule has 1 amide bonds. The number of aryl methyl sites for hydroxylation is 1. The molecule has 0 aliphatic heterocycles. The largest absolute Gasteiger partial charge is 0.356 e. The third kappa shape index (κ3) is 6.07. The van der Waals surface area contributed by atoms with Crippen molar-refractivity contribution < 1.29 is 9.59 Å². The lowest BCUT2D eigenvalue weighted by Gasteiger charge is -2.06. The quantitative estimate of drug-likeness (QED) is 0.756. The van der Waals surface area contributed by atoms with Crippen molar-refractivity contribution >= 4 is 11.7 Å². The molecule has 0 spiro atoms. The first-order valence-electron chi connectivity index (χ1n) is 8.05. The first kappa shape index (κ1) is 16.9. The van der Waals surface area contributed by atoms with Crippen LogP contribution in [-0.4, -0.2) is 18.2 Å². The molecule has 0 fully saturated rings. The predicted octanol–water partition coefficient (Wildman–Crippen LogP) is 3.71. The van der Waals surface area contributed by atoms with Crippen LogP contribution in [0.3, 0.4) is 0 Å². The van der Waals surface area contributed by atoms with Gasteiger partial charge in [-0.2, -0.15) is 0 Å². The molecule has 0 aliphatic rings. The molecule has 1 N–H and O–H groups in total. The van der Waals surface area contributed by atoms with Crippen molar-refractivity contribution in [2.45, 2.75) is 32.6 Å². The van der Waals surface area contributed by atoms with E-state index in [0.29, 0.717) is 31.4 Å². The number of carbonyl (C=O) groups excluding carboxylic acids is 2. The van der Waals surface area contributed by atoms with Gasteiger partial charge >= 0.3 is 0 Å². The molecule has 0 bridgehead atoms. The summed E-state index contributed by atoms with van der Waals surface area (Å²) in [5.74, 6) is 0.108. The minimum absolute atomic E-state index is 0.0125. The van der Waals surface area contributed by atoms with E-state index in [1.54, 1.807) is 0 Å². The molecule has 2 aromatic rings. The summed E-state index contributed by atoms with van der Waals surface area (Å²) in [4.78, 5) is 23.7. The zero-order valence-electron chi connectivity index (χ0n) is 13.5. The van der Waals surface area contributed by atoms with E-state index in [9.17, 15) is 9.59 Å². The second-order valence-corrected chi connectivity index (χ2v) is 5.73. The topological polar surface area (TPSA) is 46.2 Å². The summed E-state index contributed by atoms with van der Waals surface area (Å²) in [5.41, 5.74) is 3.17. The molecular formula is C20H23NO2. The maximum absolute atomic E-state index is 11.9. The van der Waals surface area contributed by atoms with Gasteiger partial charge in [0.15, 0.2) is 5.78 Å². The Kier molecular flexibility index (Phi) is 6.55. The van der Waals surface area contributed by atoms with Crippen molar-refractivity contribution in [1.82, 2.24) is 5.32 Å². The summed E-state index contributed by atoms with van der Waals surface area (Å²) in [6.07, 6.45) is 2.22. The van der Waals surface area contributed by atoms with Crippen molar-refractivity contribution in [3.8, 4) is 0 Å². The number of amides is 1. The molecule has 0 atom stereocenters. The number of rotatable bonds is 8. The maximum atomic E-state index is 11.9. The smallest absolute Gasteiger partial charge is 0.220 e. The van der Waals surface area contributed by atoms with Crippen molar-refractivity contribution in [2.24, 2.45) is 0 Å². The molecule has 0 unspecified atom stereocenters.